The van der Waals surface area contributed by atoms with Crippen molar-refractivity contribution in [2.75, 3.05) is 11.9 Å². The molecule has 1 fully saturated rings. The predicted octanol–water partition coefficient (Wildman–Crippen LogP) is 2.26. The van der Waals surface area contributed by atoms with Crippen LogP contribution in [-0.2, 0) is 0 Å². The van der Waals surface area contributed by atoms with E-state index in [0.717, 1.165) is 31.1 Å². The van der Waals surface area contributed by atoms with Crippen LogP contribution in [0.2, 0.25) is 0 Å². The molecule has 1 aliphatic rings. The van der Waals surface area contributed by atoms with E-state index in [-0.39, 0.29) is 5.91 Å². The smallest absolute Gasteiger partial charge is 0.255 e. The van der Waals surface area contributed by atoms with Gasteiger partial charge < -0.3 is 4.90 Å². The molecule has 0 N–H and O–H groups in total. The minimum absolute atomic E-state index is 0.0885. The third-order valence-electron chi connectivity index (χ3n) is 3.16. The molecule has 17 heavy (non-hydrogen) atoms. The molecule has 2 rings (SSSR count). The van der Waals surface area contributed by atoms with Gasteiger partial charge in [-0.2, -0.15) is 10.2 Å². The Kier molecular flexibility index (Phi) is 4.48. The summed E-state index contributed by atoms with van der Waals surface area (Å²) in [5, 5.41) is 8.41. The molecule has 0 bridgehead atoms. The van der Waals surface area contributed by atoms with Crippen LogP contribution in [-0.4, -0.2) is 38.9 Å². The normalized spacial score (nSPS) is 20.3. The zero-order valence-electron chi connectivity index (χ0n) is 9.68. The fraction of sp³-hybridized carbons (Fsp3) is 0.583. The summed E-state index contributed by atoms with van der Waals surface area (Å²) in [6.45, 7) is 0.860. The largest absolute Gasteiger partial charge is 0.336 e. The first kappa shape index (κ1) is 12.5. The standard InChI is InChI=1S/C12H16BrN3O/c13-6-4-11-3-1-2-8-16(11)12(17)10-5-7-14-15-9-10/h5,7,9,11H,1-4,6,8H2. The van der Waals surface area contributed by atoms with Crippen molar-refractivity contribution in [2.24, 2.45) is 0 Å². The molecule has 2 heterocycles. The molecule has 1 unspecified atom stereocenters. The molecule has 0 aromatic carbocycles. The molecular weight excluding hydrogens is 282 g/mol. The Hall–Kier alpha value is -0.970. The summed E-state index contributed by atoms with van der Waals surface area (Å²) in [5.74, 6) is 0.0885. The van der Waals surface area contributed by atoms with Gasteiger partial charge in [0.05, 0.1) is 18.0 Å². The summed E-state index contributed by atoms with van der Waals surface area (Å²) in [6, 6.07) is 2.10. The van der Waals surface area contributed by atoms with E-state index in [1.165, 1.54) is 6.42 Å². The lowest BCUT2D eigenvalue weighted by Gasteiger charge is -2.35. The lowest BCUT2D eigenvalue weighted by atomic mass is 9.99. The van der Waals surface area contributed by atoms with E-state index in [0.29, 0.717) is 11.6 Å². The average Bonchev–Trinajstić information content (AvgIpc) is 2.40. The number of piperidine rings is 1. The number of nitrogens with zero attached hydrogens (tertiary/aromatic N) is 3. The summed E-state index contributed by atoms with van der Waals surface area (Å²) < 4.78 is 0. The zero-order chi connectivity index (χ0) is 12.1. The average molecular weight is 298 g/mol. The molecule has 0 saturated carbocycles. The molecule has 1 aromatic rings. The quantitative estimate of drug-likeness (QED) is 0.804. The number of carbonyl (C=O) groups excluding carboxylic acids is 1. The SMILES string of the molecule is O=C(c1ccnnc1)N1CCCCC1CCBr. The van der Waals surface area contributed by atoms with Crippen LogP contribution in [0.1, 0.15) is 36.0 Å². The highest BCUT2D eigenvalue weighted by Crippen LogP contribution is 2.22. The monoisotopic (exact) mass is 297 g/mol. The van der Waals surface area contributed by atoms with Crippen LogP contribution in [0.4, 0.5) is 0 Å². The van der Waals surface area contributed by atoms with Gasteiger partial charge in [0.25, 0.3) is 5.91 Å². The van der Waals surface area contributed by atoms with Gasteiger partial charge in [-0.3, -0.25) is 4.79 Å². The van der Waals surface area contributed by atoms with E-state index < -0.39 is 0 Å². The molecule has 0 radical (unpaired) electrons. The van der Waals surface area contributed by atoms with Crippen LogP contribution in [0.3, 0.4) is 0 Å². The van der Waals surface area contributed by atoms with Crippen molar-refractivity contribution in [2.45, 2.75) is 31.7 Å². The van der Waals surface area contributed by atoms with Gasteiger partial charge in [-0.25, -0.2) is 0 Å². The highest BCUT2D eigenvalue weighted by molar-refractivity contribution is 9.09. The van der Waals surface area contributed by atoms with Crippen molar-refractivity contribution in [1.29, 1.82) is 0 Å². The molecule has 1 atom stereocenters. The third-order valence-corrected chi connectivity index (χ3v) is 3.62. The van der Waals surface area contributed by atoms with Gasteiger partial charge in [0, 0.05) is 17.9 Å². The maximum absolute atomic E-state index is 12.3. The van der Waals surface area contributed by atoms with Crippen LogP contribution >= 0.6 is 15.9 Å². The summed E-state index contributed by atoms with van der Waals surface area (Å²) in [4.78, 5) is 14.3. The number of hydrogen-bond acceptors (Lipinski definition) is 3. The molecule has 1 saturated heterocycles. The molecule has 1 amide bonds. The topological polar surface area (TPSA) is 46.1 Å². The molecule has 1 aliphatic heterocycles. The first-order chi connectivity index (χ1) is 8.33. The number of likely N-dealkylation sites (tertiary alicyclic amines) is 1. The van der Waals surface area contributed by atoms with Gasteiger partial charge in [0.1, 0.15) is 0 Å². The molecule has 92 valence electrons. The van der Waals surface area contributed by atoms with Gasteiger partial charge in [-0.1, -0.05) is 15.9 Å². The fourth-order valence-corrected chi connectivity index (χ4v) is 2.81. The number of hydrogen-bond donors (Lipinski definition) is 0. The van der Waals surface area contributed by atoms with Crippen LogP contribution in [0, 0.1) is 0 Å². The summed E-state index contributed by atoms with van der Waals surface area (Å²) >= 11 is 3.46. The van der Waals surface area contributed by atoms with Crippen molar-refractivity contribution >= 4 is 21.8 Å². The number of rotatable bonds is 3. The first-order valence-corrected chi connectivity index (χ1v) is 7.08. The Morgan fingerprint density at radius 2 is 2.35 bits per heavy atom. The van der Waals surface area contributed by atoms with Gasteiger partial charge in [0.15, 0.2) is 0 Å². The van der Waals surface area contributed by atoms with Crippen molar-refractivity contribution in [3.8, 4) is 0 Å². The van der Waals surface area contributed by atoms with Crippen LogP contribution in [0.5, 0.6) is 0 Å². The zero-order valence-corrected chi connectivity index (χ0v) is 11.3. The summed E-state index contributed by atoms with van der Waals surface area (Å²) in [5.41, 5.74) is 0.640. The third kappa shape index (κ3) is 3.03. The number of alkyl halides is 1. The lowest BCUT2D eigenvalue weighted by molar-refractivity contribution is 0.0609. The number of halogens is 1. The van der Waals surface area contributed by atoms with Crippen molar-refractivity contribution < 1.29 is 4.79 Å². The van der Waals surface area contributed by atoms with E-state index in [1.807, 2.05) is 4.90 Å². The van der Waals surface area contributed by atoms with Crippen molar-refractivity contribution in [3.05, 3.63) is 24.0 Å². The molecule has 0 spiro atoms. The first-order valence-electron chi connectivity index (χ1n) is 5.96. The van der Waals surface area contributed by atoms with Crippen molar-refractivity contribution in [1.82, 2.24) is 15.1 Å². The molecular formula is C12H16BrN3O. The van der Waals surface area contributed by atoms with Gasteiger partial charge >= 0.3 is 0 Å². The lowest BCUT2D eigenvalue weighted by Crippen LogP contribution is -2.44. The van der Waals surface area contributed by atoms with Gasteiger partial charge in [-0.15, -0.1) is 0 Å². The van der Waals surface area contributed by atoms with E-state index in [4.69, 9.17) is 0 Å². The van der Waals surface area contributed by atoms with Crippen LogP contribution in [0.25, 0.3) is 0 Å². The molecule has 5 heteroatoms. The van der Waals surface area contributed by atoms with Crippen LogP contribution in [0.15, 0.2) is 18.5 Å². The number of carbonyl (C=O) groups is 1. The summed E-state index contributed by atoms with van der Waals surface area (Å²) in [7, 11) is 0. The second-order valence-electron chi connectivity index (χ2n) is 4.26. The highest BCUT2D eigenvalue weighted by atomic mass is 79.9. The van der Waals surface area contributed by atoms with E-state index in [9.17, 15) is 4.79 Å². The van der Waals surface area contributed by atoms with E-state index >= 15 is 0 Å². The minimum atomic E-state index is 0.0885. The molecule has 4 nitrogen and oxygen atoms in total. The fourth-order valence-electron chi connectivity index (χ4n) is 2.28. The molecule has 0 aliphatic carbocycles. The number of aromatic nitrogens is 2. The second-order valence-corrected chi connectivity index (χ2v) is 5.05. The Morgan fingerprint density at radius 1 is 1.47 bits per heavy atom. The maximum atomic E-state index is 12.3. The number of amides is 1. The predicted molar refractivity (Wildman–Crippen MR) is 69.1 cm³/mol. The molecule has 1 aromatic heterocycles. The van der Waals surface area contributed by atoms with E-state index in [1.54, 1.807) is 18.5 Å². The highest BCUT2D eigenvalue weighted by Gasteiger charge is 2.26. The maximum Gasteiger partial charge on any atom is 0.255 e. The minimum Gasteiger partial charge on any atom is -0.336 e. The van der Waals surface area contributed by atoms with Crippen LogP contribution < -0.4 is 0 Å². The Bertz CT molecular complexity index is 369. The Labute approximate surface area is 110 Å². The Morgan fingerprint density at radius 3 is 3.06 bits per heavy atom. The summed E-state index contributed by atoms with van der Waals surface area (Å²) in [6.07, 6.45) is 7.55. The second kappa shape index (κ2) is 6.10. The van der Waals surface area contributed by atoms with Crippen molar-refractivity contribution in [3.63, 3.8) is 0 Å². The Balaban J connectivity index is 2.11. The van der Waals surface area contributed by atoms with E-state index in [2.05, 4.69) is 26.1 Å². The van der Waals surface area contributed by atoms with Gasteiger partial charge in [0.2, 0.25) is 0 Å². The van der Waals surface area contributed by atoms with Gasteiger partial charge in [-0.05, 0) is 31.7 Å².